The van der Waals surface area contributed by atoms with Gasteiger partial charge in [-0.25, -0.2) is 23.5 Å². The summed E-state index contributed by atoms with van der Waals surface area (Å²) in [5, 5.41) is 12.3. The Morgan fingerprint density at radius 3 is 2.50 bits per heavy atom. The van der Waals surface area contributed by atoms with Gasteiger partial charge in [-0.05, 0) is 56.2 Å². The molecule has 0 bridgehead atoms. The van der Waals surface area contributed by atoms with Crippen LogP contribution in [0.3, 0.4) is 0 Å². The van der Waals surface area contributed by atoms with Crippen molar-refractivity contribution >= 4 is 50.1 Å². The number of sulfonamides is 1. The van der Waals surface area contributed by atoms with Crippen molar-refractivity contribution in [2.24, 2.45) is 5.14 Å². The van der Waals surface area contributed by atoms with E-state index in [9.17, 15) is 13.2 Å². The van der Waals surface area contributed by atoms with E-state index in [2.05, 4.69) is 20.6 Å². The minimum absolute atomic E-state index is 0.0109. The molecule has 1 saturated carbocycles. The van der Waals surface area contributed by atoms with E-state index in [1.165, 1.54) is 36.0 Å². The molecule has 8 nitrogen and oxygen atoms in total. The quantitative estimate of drug-likeness (QED) is 0.378. The highest BCUT2D eigenvalue weighted by Gasteiger charge is 2.23. The second-order valence-corrected chi connectivity index (χ2v) is 9.98. The van der Waals surface area contributed by atoms with Crippen LogP contribution < -0.4 is 15.8 Å². The molecule has 1 aromatic heterocycles. The average molecular weight is 444 g/mol. The summed E-state index contributed by atoms with van der Waals surface area (Å²) in [7, 11) is -3.77. The van der Waals surface area contributed by atoms with Gasteiger partial charge in [-0.15, -0.1) is 0 Å². The van der Waals surface area contributed by atoms with Gasteiger partial charge in [-0.3, -0.25) is 4.79 Å². The van der Waals surface area contributed by atoms with Crippen molar-refractivity contribution < 1.29 is 13.2 Å². The van der Waals surface area contributed by atoms with Crippen LogP contribution >= 0.6 is 11.8 Å². The third-order valence-electron chi connectivity index (χ3n) is 4.60. The standard InChI is InChI=1S/C20H21N5O3S2/c1-12(19(26)23-14-8-10-15(11-9-14)30(21,27)28)29-20-24-17-5-3-2-4-16(17)18(25-20)22-13-6-7-13/h2-5,8-13H,6-7H2,1H3,(H,23,26)(H2,21,27,28)(H,22,24,25). The van der Waals surface area contributed by atoms with E-state index in [0.29, 0.717) is 16.9 Å². The molecule has 3 aromatic rings. The maximum absolute atomic E-state index is 12.6. The zero-order valence-corrected chi connectivity index (χ0v) is 17.8. The lowest BCUT2D eigenvalue weighted by atomic mass is 10.2. The highest BCUT2D eigenvalue weighted by atomic mass is 32.2. The van der Waals surface area contributed by atoms with Crippen molar-refractivity contribution in [1.29, 1.82) is 0 Å². The normalized spacial score (nSPS) is 15.0. The summed E-state index contributed by atoms with van der Waals surface area (Å²) in [6, 6.07) is 13.9. The van der Waals surface area contributed by atoms with Gasteiger partial charge in [-0.2, -0.15) is 0 Å². The first-order chi connectivity index (χ1) is 14.3. The number of thioether (sulfide) groups is 1. The van der Waals surface area contributed by atoms with E-state index in [-0.39, 0.29) is 10.8 Å². The van der Waals surface area contributed by atoms with Gasteiger partial charge in [0.05, 0.1) is 15.7 Å². The van der Waals surface area contributed by atoms with Crippen molar-refractivity contribution in [3.05, 3.63) is 48.5 Å². The molecule has 1 aliphatic rings. The van der Waals surface area contributed by atoms with Crippen molar-refractivity contribution in [2.45, 2.75) is 41.1 Å². The highest BCUT2D eigenvalue weighted by Crippen LogP contribution is 2.31. The molecule has 0 spiro atoms. The van der Waals surface area contributed by atoms with E-state index >= 15 is 0 Å². The molecule has 1 aliphatic carbocycles. The number of anilines is 2. The summed E-state index contributed by atoms with van der Waals surface area (Å²) in [4.78, 5) is 21.8. The maximum Gasteiger partial charge on any atom is 0.238 e. The van der Waals surface area contributed by atoms with Crippen LogP contribution in [0.25, 0.3) is 10.9 Å². The molecule has 0 radical (unpaired) electrons. The number of nitrogens with zero attached hydrogens (tertiary/aromatic N) is 2. The summed E-state index contributed by atoms with van der Waals surface area (Å²) < 4.78 is 22.7. The zero-order chi connectivity index (χ0) is 21.3. The Morgan fingerprint density at radius 1 is 1.13 bits per heavy atom. The topological polar surface area (TPSA) is 127 Å². The van der Waals surface area contributed by atoms with Gasteiger partial charge in [0.25, 0.3) is 0 Å². The van der Waals surface area contributed by atoms with Crippen molar-refractivity contribution in [3.63, 3.8) is 0 Å². The lowest BCUT2D eigenvalue weighted by Gasteiger charge is -2.13. The Balaban J connectivity index is 1.48. The number of hydrogen-bond donors (Lipinski definition) is 3. The van der Waals surface area contributed by atoms with Crippen LogP contribution in [-0.2, 0) is 14.8 Å². The van der Waals surface area contributed by atoms with Crippen LogP contribution in [0.15, 0.2) is 58.6 Å². The summed E-state index contributed by atoms with van der Waals surface area (Å²) in [5.74, 6) is 0.550. The second-order valence-electron chi connectivity index (χ2n) is 7.11. The number of benzene rings is 2. The molecule has 4 N–H and O–H groups in total. The van der Waals surface area contributed by atoms with Gasteiger partial charge in [0.1, 0.15) is 5.82 Å². The fraction of sp³-hybridized carbons (Fsp3) is 0.250. The predicted molar refractivity (Wildman–Crippen MR) is 118 cm³/mol. The van der Waals surface area contributed by atoms with Crippen molar-refractivity contribution in [1.82, 2.24) is 9.97 Å². The second kappa shape index (κ2) is 8.21. The molecule has 156 valence electrons. The molecule has 2 aromatic carbocycles. The highest BCUT2D eigenvalue weighted by molar-refractivity contribution is 8.00. The van der Waals surface area contributed by atoms with Crippen molar-refractivity contribution in [3.8, 4) is 0 Å². The summed E-state index contributed by atoms with van der Waals surface area (Å²) in [6.45, 7) is 1.77. The van der Waals surface area contributed by atoms with Crippen LogP contribution in [0.2, 0.25) is 0 Å². The maximum atomic E-state index is 12.6. The van der Waals surface area contributed by atoms with Crippen LogP contribution in [0.1, 0.15) is 19.8 Å². The van der Waals surface area contributed by atoms with Crippen LogP contribution in [0.4, 0.5) is 11.5 Å². The molecule has 0 aliphatic heterocycles. The Morgan fingerprint density at radius 2 is 1.83 bits per heavy atom. The number of primary sulfonamides is 1. The SMILES string of the molecule is CC(Sc1nc(NC2CC2)c2ccccc2n1)C(=O)Nc1ccc(S(N)(=O)=O)cc1. The van der Waals surface area contributed by atoms with E-state index in [4.69, 9.17) is 5.14 Å². The van der Waals surface area contributed by atoms with E-state index < -0.39 is 15.3 Å². The Hall–Kier alpha value is -2.69. The molecule has 30 heavy (non-hydrogen) atoms. The molecule has 1 heterocycles. The minimum Gasteiger partial charge on any atom is -0.367 e. The zero-order valence-electron chi connectivity index (χ0n) is 16.2. The third kappa shape index (κ3) is 4.89. The number of fused-ring (bicyclic) bond motifs is 1. The monoisotopic (exact) mass is 443 g/mol. The number of nitrogens with one attached hydrogen (secondary N) is 2. The van der Waals surface area contributed by atoms with Crippen LogP contribution in [-0.4, -0.2) is 35.6 Å². The molecule has 4 rings (SSSR count). The fourth-order valence-electron chi connectivity index (χ4n) is 2.82. The van der Waals surface area contributed by atoms with Gasteiger partial charge in [0.15, 0.2) is 5.16 Å². The molecule has 0 saturated heterocycles. The smallest absolute Gasteiger partial charge is 0.238 e. The number of nitrogens with two attached hydrogens (primary N) is 1. The number of carbonyl (C=O) groups is 1. The molecule has 1 amide bonds. The Labute approximate surface area is 178 Å². The Kier molecular flexibility index (Phi) is 5.63. The molecule has 1 fully saturated rings. The first-order valence-corrected chi connectivity index (χ1v) is 11.9. The van der Waals surface area contributed by atoms with Crippen LogP contribution in [0, 0.1) is 0 Å². The third-order valence-corrected chi connectivity index (χ3v) is 6.49. The summed E-state index contributed by atoms with van der Waals surface area (Å²) >= 11 is 1.26. The van der Waals surface area contributed by atoms with Gasteiger partial charge >= 0.3 is 0 Å². The molecule has 1 unspecified atom stereocenters. The van der Waals surface area contributed by atoms with Crippen LogP contribution in [0.5, 0.6) is 0 Å². The first kappa shape index (κ1) is 20.6. The van der Waals surface area contributed by atoms with Gasteiger partial charge in [0.2, 0.25) is 15.9 Å². The summed E-state index contributed by atoms with van der Waals surface area (Å²) in [6.07, 6.45) is 2.26. The number of aromatic nitrogens is 2. The predicted octanol–water partition coefficient (Wildman–Crippen LogP) is 2.97. The van der Waals surface area contributed by atoms with Crippen molar-refractivity contribution in [2.75, 3.05) is 10.6 Å². The number of rotatable bonds is 7. The number of para-hydroxylation sites is 1. The fourth-order valence-corrected chi connectivity index (χ4v) is 4.12. The summed E-state index contributed by atoms with van der Waals surface area (Å²) in [5.41, 5.74) is 1.31. The molecular weight excluding hydrogens is 422 g/mol. The van der Waals surface area contributed by atoms with Gasteiger partial charge < -0.3 is 10.6 Å². The largest absolute Gasteiger partial charge is 0.367 e. The van der Waals surface area contributed by atoms with E-state index in [0.717, 1.165) is 29.6 Å². The van der Waals surface area contributed by atoms with E-state index in [1.807, 2.05) is 24.3 Å². The average Bonchev–Trinajstić information content (AvgIpc) is 3.52. The number of amides is 1. The van der Waals surface area contributed by atoms with Gasteiger partial charge in [0, 0.05) is 17.1 Å². The lowest BCUT2D eigenvalue weighted by Crippen LogP contribution is -2.23. The Bertz CT molecular complexity index is 1190. The van der Waals surface area contributed by atoms with Gasteiger partial charge in [-0.1, -0.05) is 23.9 Å². The van der Waals surface area contributed by atoms with E-state index in [1.54, 1.807) is 6.92 Å². The number of hydrogen-bond acceptors (Lipinski definition) is 7. The number of carbonyl (C=O) groups excluding carboxylic acids is 1. The molecule has 10 heteroatoms. The molecular formula is C20H21N5O3S2. The minimum atomic E-state index is -3.77. The first-order valence-electron chi connectivity index (χ1n) is 9.43. The lowest BCUT2D eigenvalue weighted by molar-refractivity contribution is -0.115. The molecule has 1 atom stereocenters.